The summed E-state index contributed by atoms with van der Waals surface area (Å²) in [4.78, 5) is 20.2. The van der Waals surface area contributed by atoms with Gasteiger partial charge in [0.25, 0.3) is 5.91 Å². The van der Waals surface area contributed by atoms with Crippen molar-refractivity contribution in [3.8, 4) is 5.75 Å². The largest absolute Gasteiger partial charge is 0.494 e. The Hall–Kier alpha value is -3.55. The molecule has 1 aromatic heterocycles. The van der Waals surface area contributed by atoms with Gasteiger partial charge in [0.1, 0.15) is 35.2 Å². The standard InChI is InChI=1S/C19H16F2N4O2/c1-2-27-14-6-4-13(5-7-14)24-18-10-17(22-11-23-18)19(26)25-16-8-3-12(20)9-15(16)21/h3-11H,2H2,1H3,(H,25,26)(H,22,23,24). The Balaban J connectivity index is 1.71. The predicted octanol–water partition coefficient (Wildman–Crippen LogP) is 4.15. The number of amides is 1. The summed E-state index contributed by atoms with van der Waals surface area (Å²) in [6, 6.07) is 11.5. The molecule has 2 aromatic carbocycles. The molecule has 2 N–H and O–H groups in total. The van der Waals surface area contributed by atoms with E-state index in [2.05, 4.69) is 20.6 Å². The lowest BCUT2D eigenvalue weighted by molar-refractivity contribution is 0.102. The Morgan fingerprint density at radius 2 is 1.85 bits per heavy atom. The molecule has 0 atom stereocenters. The first kappa shape index (κ1) is 18.2. The molecule has 0 radical (unpaired) electrons. The van der Waals surface area contributed by atoms with Crippen molar-refractivity contribution in [2.24, 2.45) is 0 Å². The number of aromatic nitrogens is 2. The molecule has 6 nitrogen and oxygen atoms in total. The van der Waals surface area contributed by atoms with Crippen molar-refractivity contribution in [3.63, 3.8) is 0 Å². The van der Waals surface area contributed by atoms with E-state index in [4.69, 9.17) is 4.74 Å². The van der Waals surface area contributed by atoms with Crippen LogP contribution < -0.4 is 15.4 Å². The molecule has 1 amide bonds. The highest BCUT2D eigenvalue weighted by Crippen LogP contribution is 2.20. The normalized spacial score (nSPS) is 10.3. The number of halogens is 2. The van der Waals surface area contributed by atoms with E-state index >= 15 is 0 Å². The van der Waals surface area contributed by atoms with Crippen molar-refractivity contribution in [1.82, 2.24) is 9.97 Å². The smallest absolute Gasteiger partial charge is 0.274 e. The summed E-state index contributed by atoms with van der Waals surface area (Å²) in [5.74, 6) is -1.11. The Bertz CT molecular complexity index is 949. The highest BCUT2D eigenvalue weighted by molar-refractivity contribution is 6.03. The number of carbonyl (C=O) groups is 1. The van der Waals surface area contributed by atoms with Crippen LogP contribution in [-0.2, 0) is 0 Å². The molecule has 1 heterocycles. The van der Waals surface area contributed by atoms with Crippen molar-refractivity contribution in [1.29, 1.82) is 0 Å². The minimum Gasteiger partial charge on any atom is -0.494 e. The molecule has 3 rings (SSSR count). The van der Waals surface area contributed by atoms with Crippen LogP contribution in [0.25, 0.3) is 0 Å². The van der Waals surface area contributed by atoms with Crippen LogP contribution in [0.2, 0.25) is 0 Å². The number of nitrogens with one attached hydrogen (secondary N) is 2. The summed E-state index contributed by atoms with van der Waals surface area (Å²) >= 11 is 0. The van der Waals surface area contributed by atoms with E-state index in [1.165, 1.54) is 12.4 Å². The fourth-order valence-electron chi connectivity index (χ4n) is 2.28. The van der Waals surface area contributed by atoms with Crippen LogP contribution in [0.15, 0.2) is 54.9 Å². The minimum atomic E-state index is -0.870. The molecule has 0 unspecified atom stereocenters. The fourth-order valence-corrected chi connectivity index (χ4v) is 2.28. The van der Waals surface area contributed by atoms with Gasteiger partial charge >= 0.3 is 0 Å². The predicted molar refractivity (Wildman–Crippen MR) is 97.2 cm³/mol. The Labute approximate surface area is 154 Å². The second-order valence-corrected chi connectivity index (χ2v) is 5.45. The zero-order chi connectivity index (χ0) is 19.2. The lowest BCUT2D eigenvalue weighted by Gasteiger charge is -2.09. The third-order valence-electron chi connectivity index (χ3n) is 3.52. The third kappa shape index (κ3) is 4.75. The van der Waals surface area contributed by atoms with E-state index in [-0.39, 0.29) is 11.4 Å². The van der Waals surface area contributed by atoms with Crippen molar-refractivity contribution >= 4 is 23.1 Å². The van der Waals surface area contributed by atoms with Crippen molar-refractivity contribution in [2.75, 3.05) is 17.2 Å². The Kier molecular flexibility index (Phi) is 5.55. The first-order valence-electron chi connectivity index (χ1n) is 8.13. The number of ether oxygens (including phenoxy) is 1. The van der Waals surface area contributed by atoms with E-state index in [0.29, 0.717) is 18.5 Å². The van der Waals surface area contributed by atoms with Gasteiger partial charge in [-0.25, -0.2) is 18.7 Å². The SMILES string of the molecule is CCOc1ccc(Nc2cc(C(=O)Nc3ccc(F)cc3F)ncn2)cc1. The molecule has 0 fully saturated rings. The molecule has 138 valence electrons. The van der Waals surface area contributed by atoms with Crippen molar-refractivity contribution in [3.05, 3.63) is 72.2 Å². The maximum Gasteiger partial charge on any atom is 0.274 e. The zero-order valence-electron chi connectivity index (χ0n) is 14.4. The van der Waals surface area contributed by atoms with E-state index in [9.17, 15) is 13.6 Å². The second kappa shape index (κ2) is 8.22. The van der Waals surface area contributed by atoms with E-state index in [1.807, 2.05) is 6.92 Å². The summed E-state index contributed by atoms with van der Waals surface area (Å²) in [6.45, 7) is 2.48. The van der Waals surface area contributed by atoms with Gasteiger partial charge in [-0.1, -0.05) is 0 Å². The maximum atomic E-state index is 13.7. The van der Waals surface area contributed by atoms with E-state index in [0.717, 1.165) is 23.6 Å². The lowest BCUT2D eigenvalue weighted by atomic mass is 10.2. The molecule has 0 saturated carbocycles. The molecule has 0 aliphatic rings. The molecule has 0 saturated heterocycles. The van der Waals surface area contributed by atoms with Gasteiger partial charge in [-0.3, -0.25) is 4.79 Å². The summed E-state index contributed by atoms with van der Waals surface area (Å²) in [7, 11) is 0. The molecule has 0 aliphatic heterocycles. The van der Waals surface area contributed by atoms with Gasteiger partial charge in [0.05, 0.1) is 12.3 Å². The third-order valence-corrected chi connectivity index (χ3v) is 3.52. The van der Waals surface area contributed by atoms with Crippen LogP contribution in [0.5, 0.6) is 5.75 Å². The topological polar surface area (TPSA) is 76.1 Å². The number of rotatable bonds is 6. The lowest BCUT2D eigenvalue weighted by Crippen LogP contribution is -2.15. The number of anilines is 3. The molecule has 0 bridgehead atoms. The summed E-state index contributed by atoms with van der Waals surface area (Å²) in [5.41, 5.74) is 0.635. The highest BCUT2D eigenvalue weighted by Gasteiger charge is 2.12. The van der Waals surface area contributed by atoms with Crippen LogP contribution in [0, 0.1) is 11.6 Å². The van der Waals surface area contributed by atoms with Gasteiger partial charge < -0.3 is 15.4 Å². The molecule has 0 spiro atoms. The summed E-state index contributed by atoms with van der Waals surface area (Å²) in [5, 5.41) is 5.39. The Morgan fingerprint density at radius 3 is 2.56 bits per heavy atom. The van der Waals surface area contributed by atoms with E-state index < -0.39 is 17.5 Å². The number of hydrogen-bond donors (Lipinski definition) is 2. The first-order chi connectivity index (χ1) is 13.0. The quantitative estimate of drug-likeness (QED) is 0.682. The fraction of sp³-hybridized carbons (Fsp3) is 0.105. The van der Waals surface area contributed by atoms with Gasteiger partial charge in [0, 0.05) is 17.8 Å². The monoisotopic (exact) mass is 370 g/mol. The van der Waals surface area contributed by atoms with Crippen LogP contribution in [-0.4, -0.2) is 22.5 Å². The molecule has 8 heteroatoms. The highest BCUT2D eigenvalue weighted by atomic mass is 19.1. The van der Waals surface area contributed by atoms with E-state index in [1.54, 1.807) is 24.3 Å². The number of benzene rings is 2. The number of carbonyl (C=O) groups excluding carboxylic acids is 1. The average Bonchev–Trinajstić information content (AvgIpc) is 2.66. The van der Waals surface area contributed by atoms with Crippen LogP contribution in [0.1, 0.15) is 17.4 Å². The summed E-state index contributed by atoms with van der Waals surface area (Å²) in [6.07, 6.45) is 1.22. The first-order valence-corrected chi connectivity index (χ1v) is 8.13. The number of hydrogen-bond acceptors (Lipinski definition) is 5. The van der Waals surface area contributed by atoms with Gasteiger partial charge in [-0.05, 0) is 43.3 Å². The Morgan fingerprint density at radius 1 is 1.07 bits per heavy atom. The van der Waals surface area contributed by atoms with Gasteiger partial charge in [-0.2, -0.15) is 0 Å². The second-order valence-electron chi connectivity index (χ2n) is 5.45. The molecule has 27 heavy (non-hydrogen) atoms. The van der Waals surface area contributed by atoms with Crippen LogP contribution in [0.3, 0.4) is 0 Å². The molecular formula is C19H16F2N4O2. The van der Waals surface area contributed by atoms with Gasteiger partial charge in [0.2, 0.25) is 0 Å². The molecule has 3 aromatic rings. The zero-order valence-corrected chi connectivity index (χ0v) is 14.4. The maximum absolute atomic E-state index is 13.7. The van der Waals surface area contributed by atoms with Crippen molar-refractivity contribution < 1.29 is 18.3 Å². The van der Waals surface area contributed by atoms with Crippen molar-refractivity contribution in [2.45, 2.75) is 6.92 Å². The van der Waals surface area contributed by atoms with Gasteiger partial charge in [-0.15, -0.1) is 0 Å². The summed E-state index contributed by atoms with van der Waals surface area (Å²) < 4.78 is 32.0. The number of nitrogens with zero attached hydrogens (tertiary/aromatic N) is 2. The van der Waals surface area contributed by atoms with Crippen LogP contribution in [0.4, 0.5) is 26.0 Å². The van der Waals surface area contributed by atoms with Gasteiger partial charge in [0.15, 0.2) is 0 Å². The average molecular weight is 370 g/mol. The van der Waals surface area contributed by atoms with Crippen LogP contribution >= 0.6 is 0 Å². The molecule has 0 aliphatic carbocycles. The minimum absolute atomic E-state index is 0.0298. The molecular weight excluding hydrogens is 354 g/mol.